The van der Waals surface area contributed by atoms with Crippen LogP contribution in [0.25, 0.3) is 5.70 Å². The Morgan fingerprint density at radius 3 is 2.92 bits per heavy atom. The van der Waals surface area contributed by atoms with E-state index in [1.54, 1.807) is 12.1 Å². The van der Waals surface area contributed by atoms with Gasteiger partial charge < -0.3 is 5.11 Å². The molecule has 3 heteroatoms. The molecule has 0 aliphatic carbocycles. The third-order valence-corrected chi connectivity index (χ3v) is 1.36. The lowest BCUT2D eigenvalue weighted by Gasteiger charge is -1.97. The number of aromatic hydroxyl groups is 1. The van der Waals surface area contributed by atoms with Crippen molar-refractivity contribution in [1.29, 1.82) is 0 Å². The summed E-state index contributed by atoms with van der Waals surface area (Å²) in [5.74, 6) is 0.120. The second-order valence-electron chi connectivity index (χ2n) is 2.20. The van der Waals surface area contributed by atoms with E-state index >= 15 is 0 Å². The molecule has 0 amide bonds. The minimum absolute atomic E-state index is 0.120. The van der Waals surface area contributed by atoms with E-state index in [-0.39, 0.29) is 5.75 Å². The topological polar surface area (TPSA) is 49.7 Å². The summed E-state index contributed by atoms with van der Waals surface area (Å²) in [7, 11) is 0. The molecule has 0 fully saturated rings. The average Bonchev–Trinajstić information content (AvgIpc) is 2.05. The zero-order valence-corrected chi connectivity index (χ0v) is 6.32. The van der Waals surface area contributed by atoms with Gasteiger partial charge in [0, 0.05) is 5.56 Å². The second kappa shape index (κ2) is 3.51. The van der Waals surface area contributed by atoms with Gasteiger partial charge in [0.25, 0.3) is 0 Å². The van der Waals surface area contributed by atoms with Crippen LogP contribution in [0, 0.1) is 0 Å². The Hall–Kier alpha value is -1.86. The molecule has 3 nitrogen and oxygen atoms in total. The number of phenolic OH excluding ortho intramolecular Hbond substituents is 1. The molecule has 0 radical (unpaired) electrons. The Labute approximate surface area is 69.7 Å². The van der Waals surface area contributed by atoms with E-state index in [9.17, 15) is 4.79 Å². The molecule has 1 N–H and O–H groups in total. The van der Waals surface area contributed by atoms with Crippen molar-refractivity contribution in [3.05, 3.63) is 36.4 Å². The molecule has 1 aromatic rings. The number of benzene rings is 1. The van der Waals surface area contributed by atoms with Crippen LogP contribution in [-0.2, 0) is 4.79 Å². The number of nitrogens with zero attached hydrogens (tertiary/aromatic N) is 1. The van der Waals surface area contributed by atoms with Crippen molar-refractivity contribution in [3.8, 4) is 5.75 Å². The first kappa shape index (κ1) is 8.24. The van der Waals surface area contributed by atoms with Crippen LogP contribution >= 0.6 is 0 Å². The van der Waals surface area contributed by atoms with Crippen LogP contribution in [0.15, 0.2) is 35.8 Å². The van der Waals surface area contributed by atoms with Crippen LogP contribution in [0.3, 0.4) is 0 Å². The minimum atomic E-state index is 0.120. The zero-order chi connectivity index (χ0) is 8.97. The van der Waals surface area contributed by atoms with Crippen LogP contribution < -0.4 is 0 Å². The summed E-state index contributed by atoms with van der Waals surface area (Å²) in [6.07, 6.45) is 1.38. The normalized spacial score (nSPS) is 8.67. The van der Waals surface area contributed by atoms with Crippen molar-refractivity contribution in [2.24, 2.45) is 4.99 Å². The number of rotatable bonds is 2. The second-order valence-corrected chi connectivity index (χ2v) is 2.20. The SMILES string of the molecule is C=C(N=C=O)c1cccc(O)c1. The fourth-order valence-electron chi connectivity index (χ4n) is 0.805. The quantitative estimate of drug-likeness (QED) is 0.530. The van der Waals surface area contributed by atoms with Gasteiger partial charge in [-0.25, -0.2) is 4.79 Å². The van der Waals surface area contributed by atoms with Gasteiger partial charge in [0.15, 0.2) is 0 Å². The van der Waals surface area contributed by atoms with E-state index in [2.05, 4.69) is 11.6 Å². The Morgan fingerprint density at radius 1 is 1.58 bits per heavy atom. The van der Waals surface area contributed by atoms with Gasteiger partial charge in [0.1, 0.15) is 5.75 Å². The van der Waals surface area contributed by atoms with Crippen molar-refractivity contribution in [2.75, 3.05) is 0 Å². The monoisotopic (exact) mass is 161 g/mol. The highest BCUT2D eigenvalue weighted by atomic mass is 16.3. The van der Waals surface area contributed by atoms with Crippen molar-refractivity contribution < 1.29 is 9.90 Å². The molecule has 0 atom stereocenters. The number of isocyanates is 1. The number of aliphatic imine (C=N–C) groups is 1. The highest BCUT2D eigenvalue weighted by molar-refractivity contribution is 5.67. The number of hydrogen-bond donors (Lipinski definition) is 1. The van der Waals surface area contributed by atoms with Gasteiger partial charge in [0.2, 0.25) is 6.08 Å². The molecule has 0 aliphatic rings. The Kier molecular flexibility index (Phi) is 2.41. The third-order valence-electron chi connectivity index (χ3n) is 1.36. The molecule has 1 aromatic carbocycles. The Bertz CT molecular complexity index is 351. The first-order chi connectivity index (χ1) is 5.74. The van der Waals surface area contributed by atoms with Crippen LogP contribution in [0.1, 0.15) is 5.56 Å². The van der Waals surface area contributed by atoms with E-state index in [1.165, 1.54) is 18.2 Å². The maximum atomic E-state index is 9.86. The lowest BCUT2D eigenvalue weighted by atomic mass is 10.2. The molecule has 0 aliphatic heterocycles. The Balaban J connectivity index is 3.03. The minimum Gasteiger partial charge on any atom is -0.508 e. The molecular formula is C9H7NO2. The first-order valence-corrected chi connectivity index (χ1v) is 3.30. The summed E-state index contributed by atoms with van der Waals surface area (Å²) in [6.45, 7) is 3.52. The molecule has 0 heterocycles. The van der Waals surface area contributed by atoms with Gasteiger partial charge in [-0.2, -0.15) is 4.99 Å². The smallest absolute Gasteiger partial charge is 0.240 e. The Morgan fingerprint density at radius 2 is 2.33 bits per heavy atom. The van der Waals surface area contributed by atoms with Crippen molar-refractivity contribution in [1.82, 2.24) is 0 Å². The molecule has 0 spiro atoms. The van der Waals surface area contributed by atoms with Crippen LogP contribution in [-0.4, -0.2) is 11.2 Å². The van der Waals surface area contributed by atoms with E-state index in [0.29, 0.717) is 11.3 Å². The van der Waals surface area contributed by atoms with Gasteiger partial charge >= 0.3 is 0 Å². The number of phenols is 1. The van der Waals surface area contributed by atoms with Gasteiger partial charge in [-0.1, -0.05) is 18.7 Å². The predicted octanol–water partition coefficient (Wildman–Crippen LogP) is 1.70. The van der Waals surface area contributed by atoms with Gasteiger partial charge in [-0.05, 0) is 12.1 Å². The van der Waals surface area contributed by atoms with Gasteiger partial charge in [-0.3, -0.25) is 0 Å². The highest BCUT2D eigenvalue weighted by Crippen LogP contribution is 2.17. The summed E-state index contributed by atoms with van der Waals surface area (Å²) in [4.78, 5) is 13.2. The summed E-state index contributed by atoms with van der Waals surface area (Å²) < 4.78 is 0. The molecule has 0 bridgehead atoms. The standard InChI is InChI=1S/C9H7NO2/c1-7(10-6-11)8-3-2-4-9(12)5-8/h2-5,12H,1H2. The molecule has 0 unspecified atom stereocenters. The predicted molar refractivity (Wildman–Crippen MR) is 45.3 cm³/mol. The van der Waals surface area contributed by atoms with E-state index in [0.717, 1.165) is 0 Å². The first-order valence-electron chi connectivity index (χ1n) is 3.30. The molecular weight excluding hydrogens is 154 g/mol. The van der Waals surface area contributed by atoms with Crippen LogP contribution in [0.5, 0.6) is 5.75 Å². The largest absolute Gasteiger partial charge is 0.508 e. The lowest BCUT2D eigenvalue weighted by molar-refractivity contribution is 0.475. The highest BCUT2D eigenvalue weighted by Gasteiger charge is 1.96. The van der Waals surface area contributed by atoms with Gasteiger partial charge in [-0.15, -0.1) is 0 Å². The summed E-state index contributed by atoms with van der Waals surface area (Å²) in [5.41, 5.74) is 0.902. The molecule has 60 valence electrons. The lowest BCUT2D eigenvalue weighted by Crippen LogP contribution is -1.77. The van der Waals surface area contributed by atoms with Crippen molar-refractivity contribution >= 4 is 11.8 Å². The van der Waals surface area contributed by atoms with Crippen molar-refractivity contribution in [2.45, 2.75) is 0 Å². The van der Waals surface area contributed by atoms with E-state index in [4.69, 9.17) is 5.11 Å². The van der Waals surface area contributed by atoms with Crippen LogP contribution in [0.2, 0.25) is 0 Å². The zero-order valence-electron chi connectivity index (χ0n) is 6.32. The molecule has 0 saturated carbocycles. The van der Waals surface area contributed by atoms with E-state index in [1.807, 2.05) is 0 Å². The maximum absolute atomic E-state index is 9.86. The van der Waals surface area contributed by atoms with Crippen molar-refractivity contribution in [3.63, 3.8) is 0 Å². The molecule has 0 saturated heterocycles. The summed E-state index contributed by atoms with van der Waals surface area (Å²) >= 11 is 0. The number of hydrogen-bond acceptors (Lipinski definition) is 3. The third kappa shape index (κ3) is 1.81. The van der Waals surface area contributed by atoms with Gasteiger partial charge in [0.05, 0.1) is 5.70 Å². The molecule has 0 aromatic heterocycles. The number of carbonyl (C=O) groups excluding carboxylic acids is 1. The molecule has 1 rings (SSSR count). The summed E-state index contributed by atoms with van der Waals surface area (Å²) in [5, 5.41) is 9.05. The maximum Gasteiger partial charge on any atom is 0.240 e. The fourth-order valence-corrected chi connectivity index (χ4v) is 0.805. The van der Waals surface area contributed by atoms with Crippen LogP contribution in [0.4, 0.5) is 0 Å². The van der Waals surface area contributed by atoms with E-state index < -0.39 is 0 Å². The summed E-state index contributed by atoms with van der Waals surface area (Å²) in [6, 6.07) is 6.35. The fraction of sp³-hybridized carbons (Fsp3) is 0. The molecule has 12 heavy (non-hydrogen) atoms. The average molecular weight is 161 g/mol.